The second-order valence-electron chi connectivity index (χ2n) is 12.5. The molecule has 0 aromatic heterocycles. The van der Waals surface area contributed by atoms with E-state index in [0.717, 1.165) is 18.2 Å². The number of fused-ring (bicyclic) bond motifs is 1. The Balaban J connectivity index is 1.22. The van der Waals surface area contributed by atoms with Crippen molar-refractivity contribution in [3.63, 3.8) is 0 Å². The van der Waals surface area contributed by atoms with E-state index in [2.05, 4.69) is 24.3 Å². The fraction of sp³-hybridized carbons (Fsp3) is 0.243. The van der Waals surface area contributed by atoms with Crippen LogP contribution in [0.3, 0.4) is 0 Å². The van der Waals surface area contributed by atoms with Gasteiger partial charge >= 0.3 is 0 Å². The highest BCUT2D eigenvalue weighted by atomic mass is 35.5. The van der Waals surface area contributed by atoms with Crippen molar-refractivity contribution in [1.82, 2.24) is 0 Å². The minimum atomic E-state index is -0.729. The van der Waals surface area contributed by atoms with E-state index in [-0.39, 0.29) is 38.7 Å². The van der Waals surface area contributed by atoms with Crippen molar-refractivity contribution in [2.75, 3.05) is 22.9 Å². The predicted molar refractivity (Wildman–Crippen MR) is 188 cm³/mol. The highest BCUT2D eigenvalue weighted by molar-refractivity contribution is 6.33. The Hall–Kier alpha value is -4.80. The monoisotopic (exact) mass is 702 g/mol. The summed E-state index contributed by atoms with van der Waals surface area (Å²) in [6.45, 7) is 0.942. The number of nitrogens with zero attached hydrogens (tertiary/aromatic N) is 4. The number of hydrogen-bond donors (Lipinski definition) is 0. The van der Waals surface area contributed by atoms with Crippen molar-refractivity contribution in [2.45, 2.75) is 43.7 Å². The fourth-order valence-electron chi connectivity index (χ4n) is 7.60. The zero-order valence-corrected chi connectivity index (χ0v) is 27.6. The van der Waals surface area contributed by atoms with Crippen LogP contribution in [0, 0.1) is 31.9 Å². The van der Waals surface area contributed by atoms with Gasteiger partial charge in [0.05, 0.1) is 21.9 Å². The zero-order chi connectivity index (χ0) is 34.4. The largest absolute Gasteiger partial charge is 0.367 e. The van der Waals surface area contributed by atoms with Gasteiger partial charge in [0.25, 0.3) is 11.4 Å². The van der Waals surface area contributed by atoms with Gasteiger partial charge in [-0.25, -0.2) is 8.78 Å². The first kappa shape index (κ1) is 32.7. The van der Waals surface area contributed by atoms with Crippen molar-refractivity contribution in [3.8, 4) is 0 Å². The van der Waals surface area contributed by atoms with Gasteiger partial charge < -0.3 is 9.80 Å². The van der Waals surface area contributed by atoms with Gasteiger partial charge in [0.1, 0.15) is 15.7 Å². The molecule has 0 radical (unpaired) electrons. The van der Waals surface area contributed by atoms with Crippen LogP contribution in [-0.2, 0) is 0 Å². The van der Waals surface area contributed by atoms with E-state index in [0.29, 0.717) is 37.1 Å². The van der Waals surface area contributed by atoms with Gasteiger partial charge in [0.15, 0.2) is 11.6 Å². The molecule has 2 atom stereocenters. The van der Waals surface area contributed by atoms with Crippen LogP contribution in [0.25, 0.3) is 10.8 Å². The molecule has 0 aliphatic carbocycles. The molecule has 2 unspecified atom stereocenters. The number of benzene rings is 5. The Morgan fingerprint density at radius 3 is 1.76 bits per heavy atom. The molecule has 7 rings (SSSR count). The molecular formula is C37H30Cl2F2N4O4. The lowest BCUT2D eigenvalue weighted by atomic mass is 9.86. The number of piperidine rings is 1. The molecule has 8 nitrogen and oxygen atoms in total. The van der Waals surface area contributed by atoms with Crippen LogP contribution in [0.15, 0.2) is 91.0 Å². The van der Waals surface area contributed by atoms with E-state index >= 15 is 8.78 Å². The third kappa shape index (κ3) is 6.15. The number of nitro benzene ring substituents is 2. The lowest BCUT2D eigenvalue weighted by Gasteiger charge is -2.36. The van der Waals surface area contributed by atoms with Crippen molar-refractivity contribution in [2.24, 2.45) is 0 Å². The molecule has 2 aliphatic rings. The summed E-state index contributed by atoms with van der Waals surface area (Å²) in [6, 6.07) is 24.9. The van der Waals surface area contributed by atoms with E-state index in [1.807, 2.05) is 18.2 Å². The number of rotatable bonds is 7. The minimum absolute atomic E-state index is 0.0335. The van der Waals surface area contributed by atoms with E-state index in [1.54, 1.807) is 21.9 Å². The molecule has 5 aromatic rings. The second kappa shape index (κ2) is 13.2. The molecule has 0 amide bonds. The van der Waals surface area contributed by atoms with Crippen LogP contribution in [0.2, 0.25) is 10.0 Å². The molecule has 12 heteroatoms. The SMILES string of the molecule is O=[N+]([O-])c1cc(C2CCC(c3ccc(Cl)c([N+](=O)[O-])c3)N2c2cc(F)c(N3CCC(c4cccc5ccccc45)CC3)c(F)c2)ccc1Cl. The molecule has 5 aromatic carbocycles. The maximum Gasteiger partial charge on any atom is 0.288 e. The Labute approximate surface area is 290 Å². The smallest absolute Gasteiger partial charge is 0.288 e. The predicted octanol–water partition coefficient (Wildman–Crippen LogP) is 10.7. The van der Waals surface area contributed by atoms with Gasteiger partial charge in [-0.15, -0.1) is 0 Å². The molecule has 0 spiro atoms. The molecule has 49 heavy (non-hydrogen) atoms. The summed E-state index contributed by atoms with van der Waals surface area (Å²) in [4.78, 5) is 25.8. The van der Waals surface area contributed by atoms with Crippen molar-refractivity contribution in [3.05, 3.63) is 150 Å². The summed E-state index contributed by atoms with van der Waals surface area (Å²) in [5, 5.41) is 25.7. The van der Waals surface area contributed by atoms with Gasteiger partial charge in [0.2, 0.25) is 0 Å². The third-order valence-corrected chi connectivity index (χ3v) is 10.5. The summed E-state index contributed by atoms with van der Waals surface area (Å²) < 4.78 is 32.3. The van der Waals surface area contributed by atoms with E-state index in [4.69, 9.17) is 23.2 Å². The highest BCUT2D eigenvalue weighted by Crippen LogP contribution is 2.49. The Morgan fingerprint density at radius 2 is 1.20 bits per heavy atom. The minimum Gasteiger partial charge on any atom is -0.367 e. The van der Waals surface area contributed by atoms with E-state index in [1.165, 1.54) is 47.3 Å². The summed E-state index contributed by atoms with van der Waals surface area (Å²) in [5.41, 5.74) is 1.84. The lowest BCUT2D eigenvalue weighted by Crippen LogP contribution is -2.34. The maximum absolute atomic E-state index is 16.2. The zero-order valence-electron chi connectivity index (χ0n) is 26.1. The van der Waals surface area contributed by atoms with Gasteiger partial charge in [-0.3, -0.25) is 20.2 Å². The second-order valence-corrected chi connectivity index (χ2v) is 13.4. The summed E-state index contributed by atoms with van der Waals surface area (Å²) in [7, 11) is 0. The molecule has 0 bridgehead atoms. The number of hydrogen-bond acceptors (Lipinski definition) is 6. The molecule has 2 heterocycles. The van der Waals surface area contributed by atoms with Crippen LogP contribution >= 0.6 is 23.2 Å². The standard InChI is InChI=1S/C37H30Cl2F2N4O4/c38-29-10-8-24(18-35(29)44(46)47)33-12-13-34(25-9-11-30(39)36(19-25)45(48)49)43(33)26-20-31(40)37(32(41)21-26)42-16-14-23(15-17-42)28-7-3-5-22-4-1-2-6-27(22)28/h1-11,18-21,23,33-34H,12-17H2. The average molecular weight is 704 g/mol. The first-order valence-electron chi connectivity index (χ1n) is 16.0. The molecule has 2 saturated heterocycles. The van der Waals surface area contributed by atoms with Gasteiger partial charge in [-0.2, -0.15) is 0 Å². The van der Waals surface area contributed by atoms with Gasteiger partial charge in [-0.1, -0.05) is 77.8 Å². The van der Waals surface area contributed by atoms with Crippen molar-refractivity contribution >= 4 is 56.7 Å². The van der Waals surface area contributed by atoms with Crippen molar-refractivity contribution < 1.29 is 18.6 Å². The number of halogens is 4. The quantitative estimate of drug-likeness (QED) is 0.124. The molecular weight excluding hydrogens is 673 g/mol. The van der Waals surface area contributed by atoms with Crippen molar-refractivity contribution in [1.29, 1.82) is 0 Å². The highest BCUT2D eigenvalue weighted by Gasteiger charge is 2.38. The molecule has 0 saturated carbocycles. The first-order valence-corrected chi connectivity index (χ1v) is 16.7. The Kier molecular flexibility index (Phi) is 8.85. The molecule has 250 valence electrons. The lowest BCUT2D eigenvalue weighted by molar-refractivity contribution is -0.384. The molecule has 0 N–H and O–H groups in total. The van der Waals surface area contributed by atoms with Crippen LogP contribution in [-0.4, -0.2) is 22.9 Å². The number of anilines is 2. The summed E-state index contributed by atoms with van der Waals surface area (Å²) in [6.07, 6.45) is 2.37. The average Bonchev–Trinajstić information content (AvgIpc) is 3.53. The molecule has 2 fully saturated rings. The number of nitro groups is 2. The van der Waals surface area contributed by atoms with Gasteiger partial charge in [-0.05, 0) is 83.3 Å². The molecule has 2 aliphatic heterocycles. The first-order chi connectivity index (χ1) is 23.6. The fourth-order valence-corrected chi connectivity index (χ4v) is 7.98. The normalized spacial score (nSPS) is 18.3. The van der Waals surface area contributed by atoms with E-state index in [9.17, 15) is 20.2 Å². The Bertz CT molecular complexity index is 2010. The topological polar surface area (TPSA) is 92.8 Å². The third-order valence-electron chi connectivity index (χ3n) is 9.86. The maximum atomic E-state index is 16.2. The van der Waals surface area contributed by atoms with Gasteiger partial charge in [0, 0.05) is 30.9 Å². The Morgan fingerprint density at radius 1 is 0.673 bits per heavy atom. The summed E-state index contributed by atoms with van der Waals surface area (Å²) in [5.74, 6) is -1.20. The van der Waals surface area contributed by atoms with Crippen LogP contribution in [0.4, 0.5) is 31.5 Å². The van der Waals surface area contributed by atoms with E-state index < -0.39 is 33.6 Å². The van der Waals surface area contributed by atoms with Crippen LogP contribution in [0.5, 0.6) is 0 Å². The van der Waals surface area contributed by atoms with Crippen LogP contribution < -0.4 is 9.80 Å². The van der Waals surface area contributed by atoms with Crippen LogP contribution in [0.1, 0.15) is 60.4 Å². The summed E-state index contributed by atoms with van der Waals surface area (Å²) >= 11 is 12.2.